The SMILES string of the molecule is O=C1OC(c2cccc(F)c2)=NC1=Cc1cccc2ccccc12. The van der Waals surface area contributed by atoms with Crippen molar-refractivity contribution >= 4 is 28.7 Å². The Labute approximate surface area is 137 Å². The maximum atomic E-state index is 13.3. The highest BCUT2D eigenvalue weighted by molar-refractivity contribution is 6.13. The number of hydrogen-bond donors (Lipinski definition) is 0. The molecule has 0 aliphatic carbocycles. The first kappa shape index (κ1) is 14.3. The molecule has 4 heteroatoms. The van der Waals surface area contributed by atoms with Crippen molar-refractivity contribution in [1.82, 2.24) is 0 Å². The second-order valence-electron chi connectivity index (χ2n) is 5.41. The summed E-state index contributed by atoms with van der Waals surface area (Å²) in [5, 5.41) is 2.10. The third kappa shape index (κ3) is 2.58. The lowest BCUT2D eigenvalue weighted by molar-refractivity contribution is -0.129. The molecular weight excluding hydrogens is 305 g/mol. The van der Waals surface area contributed by atoms with E-state index in [1.165, 1.54) is 12.1 Å². The van der Waals surface area contributed by atoms with Gasteiger partial charge in [0.05, 0.1) is 0 Å². The first-order valence-electron chi connectivity index (χ1n) is 7.47. The molecule has 1 heterocycles. The molecule has 3 nitrogen and oxygen atoms in total. The molecule has 4 rings (SSSR count). The molecule has 0 N–H and O–H groups in total. The Balaban J connectivity index is 1.78. The average molecular weight is 317 g/mol. The summed E-state index contributed by atoms with van der Waals surface area (Å²) in [6, 6.07) is 19.5. The summed E-state index contributed by atoms with van der Waals surface area (Å²) in [7, 11) is 0. The van der Waals surface area contributed by atoms with Gasteiger partial charge >= 0.3 is 5.97 Å². The van der Waals surface area contributed by atoms with Gasteiger partial charge < -0.3 is 4.74 Å². The Morgan fingerprint density at radius 1 is 0.958 bits per heavy atom. The van der Waals surface area contributed by atoms with Gasteiger partial charge in [0, 0.05) is 5.56 Å². The molecule has 3 aromatic carbocycles. The molecular formula is C20H12FNO2. The maximum Gasteiger partial charge on any atom is 0.363 e. The molecule has 0 spiro atoms. The van der Waals surface area contributed by atoms with Crippen LogP contribution in [-0.4, -0.2) is 11.9 Å². The predicted octanol–water partition coefficient (Wildman–Crippen LogP) is 4.32. The Morgan fingerprint density at radius 3 is 2.62 bits per heavy atom. The van der Waals surface area contributed by atoms with Crippen molar-refractivity contribution in [2.75, 3.05) is 0 Å². The van der Waals surface area contributed by atoms with Crippen LogP contribution < -0.4 is 0 Å². The van der Waals surface area contributed by atoms with Crippen molar-refractivity contribution in [2.45, 2.75) is 0 Å². The van der Waals surface area contributed by atoms with Crippen LogP contribution in [0.1, 0.15) is 11.1 Å². The number of esters is 1. The number of cyclic esters (lactones) is 1. The second-order valence-corrected chi connectivity index (χ2v) is 5.41. The number of carbonyl (C=O) groups is 1. The zero-order valence-corrected chi connectivity index (χ0v) is 12.6. The van der Waals surface area contributed by atoms with Crippen molar-refractivity contribution < 1.29 is 13.9 Å². The van der Waals surface area contributed by atoms with Crippen LogP contribution in [-0.2, 0) is 9.53 Å². The van der Waals surface area contributed by atoms with E-state index in [-0.39, 0.29) is 11.6 Å². The Morgan fingerprint density at radius 2 is 1.75 bits per heavy atom. The Hall–Kier alpha value is -3.27. The molecule has 3 aromatic rings. The minimum Gasteiger partial charge on any atom is -0.402 e. The van der Waals surface area contributed by atoms with E-state index < -0.39 is 11.8 Å². The largest absolute Gasteiger partial charge is 0.402 e. The van der Waals surface area contributed by atoms with Crippen molar-refractivity contribution in [3.63, 3.8) is 0 Å². The average Bonchev–Trinajstić information content (AvgIpc) is 2.96. The number of halogens is 1. The maximum absolute atomic E-state index is 13.3. The molecule has 116 valence electrons. The molecule has 0 amide bonds. The van der Waals surface area contributed by atoms with E-state index in [2.05, 4.69) is 4.99 Å². The lowest BCUT2D eigenvalue weighted by atomic mass is 10.0. The van der Waals surface area contributed by atoms with Gasteiger partial charge in [-0.25, -0.2) is 14.2 Å². The zero-order valence-electron chi connectivity index (χ0n) is 12.6. The smallest absolute Gasteiger partial charge is 0.363 e. The summed E-state index contributed by atoms with van der Waals surface area (Å²) >= 11 is 0. The summed E-state index contributed by atoms with van der Waals surface area (Å²) in [6.07, 6.45) is 1.69. The standard InChI is InChI=1S/C20H12FNO2/c21-16-9-4-8-15(11-16)19-22-18(20(23)24-19)12-14-7-3-6-13-5-1-2-10-17(13)14/h1-12H. The number of rotatable bonds is 2. The lowest BCUT2D eigenvalue weighted by Gasteiger charge is -2.01. The normalized spacial score (nSPS) is 15.6. The van der Waals surface area contributed by atoms with Gasteiger partial charge in [-0.15, -0.1) is 0 Å². The number of hydrogen-bond acceptors (Lipinski definition) is 3. The number of carbonyl (C=O) groups excluding carboxylic acids is 1. The van der Waals surface area contributed by atoms with E-state index in [0.29, 0.717) is 5.56 Å². The molecule has 1 aliphatic heterocycles. The summed E-state index contributed by atoms with van der Waals surface area (Å²) in [5.41, 5.74) is 1.51. The molecule has 0 aromatic heterocycles. The quantitative estimate of drug-likeness (QED) is 0.521. The molecule has 0 radical (unpaired) electrons. The third-order valence-electron chi connectivity index (χ3n) is 3.81. The fourth-order valence-corrected chi connectivity index (χ4v) is 2.68. The zero-order chi connectivity index (χ0) is 16.5. The van der Waals surface area contributed by atoms with E-state index in [1.807, 2.05) is 42.5 Å². The van der Waals surface area contributed by atoms with E-state index in [1.54, 1.807) is 18.2 Å². The highest BCUT2D eigenvalue weighted by Gasteiger charge is 2.24. The molecule has 24 heavy (non-hydrogen) atoms. The van der Waals surface area contributed by atoms with Crippen LogP contribution in [0.5, 0.6) is 0 Å². The molecule has 0 bridgehead atoms. The highest BCUT2D eigenvalue weighted by atomic mass is 19.1. The van der Waals surface area contributed by atoms with Gasteiger partial charge in [0.15, 0.2) is 5.70 Å². The predicted molar refractivity (Wildman–Crippen MR) is 91.0 cm³/mol. The van der Waals surface area contributed by atoms with Gasteiger partial charge in [-0.05, 0) is 40.6 Å². The van der Waals surface area contributed by atoms with E-state index in [0.717, 1.165) is 16.3 Å². The number of ether oxygens (including phenoxy) is 1. The van der Waals surface area contributed by atoms with Gasteiger partial charge in [0.2, 0.25) is 5.90 Å². The van der Waals surface area contributed by atoms with Gasteiger partial charge in [0.25, 0.3) is 0 Å². The number of benzene rings is 3. The summed E-state index contributed by atoms with van der Waals surface area (Å²) in [6.45, 7) is 0. The van der Waals surface area contributed by atoms with Crippen LogP contribution in [0.2, 0.25) is 0 Å². The van der Waals surface area contributed by atoms with Crippen LogP contribution in [0.4, 0.5) is 4.39 Å². The third-order valence-corrected chi connectivity index (χ3v) is 3.81. The molecule has 0 saturated heterocycles. The Kier molecular flexibility index (Phi) is 3.43. The van der Waals surface area contributed by atoms with Gasteiger partial charge in [0.1, 0.15) is 5.82 Å². The number of aliphatic imine (C=N–C) groups is 1. The van der Waals surface area contributed by atoms with Gasteiger partial charge in [-0.2, -0.15) is 0 Å². The minimum atomic E-state index is -0.540. The number of fused-ring (bicyclic) bond motifs is 1. The summed E-state index contributed by atoms with van der Waals surface area (Å²) < 4.78 is 18.5. The topological polar surface area (TPSA) is 38.7 Å². The van der Waals surface area contributed by atoms with Crippen LogP contribution >= 0.6 is 0 Å². The number of nitrogens with zero attached hydrogens (tertiary/aromatic N) is 1. The van der Waals surface area contributed by atoms with Crippen molar-refractivity contribution in [3.8, 4) is 0 Å². The van der Waals surface area contributed by atoms with E-state index in [4.69, 9.17) is 4.74 Å². The fraction of sp³-hybridized carbons (Fsp3) is 0. The van der Waals surface area contributed by atoms with E-state index in [9.17, 15) is 9.18 Å². The first-order chi connectivity index (χ1) is 11.7. The summed E-state index contributed by atoms with van der Waals surface area (Å²) in [4.78, 5) is 16.3. The monoisotopic (exact) mass is 317 g/mol. The molecule has 1 aliphatic rings. The van der Waals surface area contributed by atoms with Crippen molar-refractivity contribution in [3.05, 3.63) is 89.4 Å². The van der Waals surface area contributed by atoms with Crippen LogP contribution in [0, 0.1) is 5.82 Å². The molecule has 0 saturated carbocycles. The minimum absolute atomic E-state index is 0.117. The molecule has 0 atom stereocenters. The summed E-state index contributed by atoms with van der Waals surface area (Å²) in [5.74, 6) is -0.828. The van der Waals surface area contributed by atoms with Crippen LogP contribution in [0.3, 0.4) is 0 Å². The highest BCUT2D eigenvalue weighted by Crippen LogP contribution is 2.24. The van der Waals surface area contributed by atoms with Crippen molar-refractivity contribution in [2.24, 2.45) is 4.99 Å². The molecule has 0 fully saturated rings. The van der Waals surface area contributed by atoms with Crippen molar-refractivity contribution in [1.29, 1.82) is 0 Å². The Bertz CT molecular complexity index is 1020. The molecule has 0 unspecified atom stereocenters. The fourth-order valence-electron chi connectivity index (χ4n) is 2.68. The van der Waals surface area contributed by atoms with Crippen LogP contribution in [0.15, 0.2) is 77.4 Å². The van der Waals surface area contributed by atoms with Gasteiger partial charge in [-0.3, -0.25) is 0 Å². The van der Waals surface area contributed by atoms with Gasteiger partial charge in [-0.1, -0.05) is 48.5 Å². The first-order valence-corrected chi connectivity index (χ1v) is 7.47. The second kappa shape index (κ2) is 5.74. The van der Waals surface area contributed by atoms with E-state index >= 15 is 0 Å². The van der Waals surface area contributed by atoms with Crippen LogP contribution in [0.25, 0.3) is 16.8 Å². The lowest BCUT2D eigenvalue weighted by Crippen LogP contribution is -2.05.